The van der Waals surface area contributed by atoms with Crippen LogP contribution in [0.25, 0.3) is 0 Å². The summed E-state index contributed by atoms with van der Waals surface area (Å²) in [6.45, 7) is 1.58. The van der Waals surface area contributed by atoms with Crippen LogP contribution in [0.3, 0.4) is 0 Å². The van der Waals surface area contributed by atoms with Crippen molar-refractivity contribution in [2.24, 2.45) is 17.0 Å². The Morgan fingerprint density at radius 2 is 1.70 bits per heavy atom. The highest BCUT2D eigenvalue weighted by Crippen LogP contribution is 2.27. The molecule has 1 aliphatic heterocycles. The summed E-state index contributed by atoms with van der Waals surface area (Å²) in [6, 6.07) is 0. The first-order valence-electron chi connectivity index (χ1n) is 7.49. The first-order valence-corrected chi connectivity index (χ1v) is 9.00. The van der Waals surface area contributed by atoms with Crippen molar-refractivity contribution < 1.29 is 13.2 Å². The maximum atomic E-state index is 11.8. The zero-order chi connectivity index (χ0) is 14.6. The van der Waals surface area contributed by atoms with E-state index < -0.39 is 10.2 Å². The number of rotatable bonds is 5. The number of piperidine rings is 1. The number of carbonyl (C=O) groups excluding carboxylic acids is 1. The fourth-order valence-electron chi connectivity index (χ4n) is 3.17. The molecule has 0 bridgehead atoms. The van der Waals surface area contributed by atoms with E-state index in [0.29, 0.717) is 37.9 Å². The van der Waals surface area contributed by atoms with Gasteiger partial charge in [0.2, 0.25) is 5.91 Å². The van der Waals surface area contributed by atoms with Crippen molar-refractivity contribution in [2.75, 3.05) is 19.6 Å². The Hall–Kier alpha value is -0.660. The average molecular weight is 303 g/mol. The summed E-state index contributed by atoms with van der Waals surface area (Å²) < 4.78 is 23.7. The molecule has 1 saturated heterocycles. The molecule has 0 spiro atoms. The van der Waals surface area contributed by atoms with E-state index in [1.807, 2.05) is 0 Å². The molecule has 116 valence electrons. The minimum atomic E-state index is -3.55. The molecule has 20 heavy (non-hydrogen) atoms. The third kappa shape index (κ3) is 4.71. The van der Waals surface area contributed by atoms with Crippen molar-refractivity contribution in [2.45, 2.75) is 44.9 Å². The van der Waals surface area contributed by atoms with Crippen LogP contribution in [0.4, 0.5) is 0 Å². The zero-order valence-electron chi connectivity index (χ0n) is 11.9. The van der Waals surface area contributed by atoms with Crippen molar-refractivity contribution in [3.63, 3.8) is 0 Å². The Balaban J connectivity index is 1.64. The van der Waals surface area contributed by atoms with E-state index in [0.717, 1.165) is 12.8 Å². The highest BCUT2D eigenvalue weighted by atomic mass is 32.2. The topological polar surface area (TPSA) is 92.5 Å². The zero-order valence-corrected chi connectivity index (χ0v) is 12.7. The van der Waals surface area contributed by atoms with E-state index in [-0.39, 0.29) is 5.91 Å². The number of amides is 1. The van der Waals surface area contributed by atoms with Gasteiger partial charge in [-0.2, -0.15) is 12.7 Å². The summed E-state index contributed by atoms with van der Waals surface area (Å²) in [6.07, 6.45) is 7.05. The van der Waals surface area contributed by atoms with Crippen LogP contribution in [0, 0.1) is 11.8 Å². The molecule has 0 aromatic carbocycles. The summed E-state index contributed by atoms with van der Waals surface area (Å²) in [7, 11) is -3.55. The molecule has 0 aromatic heterocycles. The number of nitrogens with two attached hydrogens (primary N) is 1. The number of nitrogens with one attached hydrogen (secondary N) is 1. The summed E-state index contributed by atoms with van der Waals surface area (Å²) >= 11 is 0. The molecule has 0 unspecified atom stereocenters. The molecule has 2 rings (SSSR count). The Kier molecular flexibility index (Phi) is 5.40. The van der Waals surface area contributed by atoms with Crippen LogP contribution in [0.5, 0.6) is 0 Å². The lowest BCUT2D eigenvalue weighted by Gasteiger charge is -2.29. The molecule has 0 aromatic rings. The normalized spacial score (nSPS) is 23.1. The summed E-state index contributed by atoms with van der Waals surface area (Å²) in [5, 5.41) is 8.09. The minimum Gasteiger partial charge on any atom is -0.356 e. The lowest BCUT2D eigenvalue weighted by atomic mass is 9.97. The monoisotopic (exact) mass is 303 g/mol. The van der Waals surface area contributed by atoms with Crippen molar-refractivity contribution in [3.05, 3.63) is 0 Å². The van der Waals surface area contributed by atoms with Gasteiger partial charge in [-0.25, -0.2) is 5.14 Å². The maximum absolute atomic E-state index is 11.8. The van der Waals surface area contributed by atoms with Crippen LogP contribution < -0.4 is 10.5 Å². The van der Waals surface area contributed by atoms with Crippen LogP contribution in [-0.4, -0.2) is 38.3 Å². The molecule has 7 heteroatoms. The van der Waals surface area contributed by atoms with E-state index in [1.165, 1.54) is 30.0 Å². The average Bonchev–Trinajstić information content (AvgIpc) is 2.88. The summed E-state index contributed by atoms with van der Waals surface area (Å²) in [5.41, 5.74) is 0. The third-order valence-corrected chi connectivity index (χ3v) is 5.56. The Bertz CT molecular complexity index is 424. The van der Waals surface area contributed by atoms with E-state index in [4.69, 9.17) is 5.14 Å². The minimum absolute atomic E-state index is 0.144. The van der Waals surface area contributed by atoms with Gasteiger partial charge in [-0.3, -0.25) is 4.79 Å². The highest BCUT2D eigenvalue weighted by Gasteiger charge is 2.26. The van der Waals surface area contributed by atoms with Gasteiger partial charge in [-0.05, 0) is 37.5 Å². The Morgan fingerprint density at radius 1 is 1.10 bits per heavy atom. The molecule has 0 radical (unpaired) electrons. The first kappa shape index (κ1) is 15.7. The van der Waals surface area contributed by atoms with Gasteiger partial charge in [0.15, 0.2) is 0 Å². The third-order valence-electron chi connectivity index (χ3n) is 4.47. The second-order valence-electron chi connectivity index (χ2n) is 6.05. The number of hydrogen-bond donors (Lipinski definition) is 2. The van der Waals surface area contributed by atoms with Crippen LogP contribution >= 0.6 is 0 Å². The molecule has 1 aliphatic carbocycles. The number of nitrogens with zero attached hydrogens (tertiary/aromatic N) is 1. The molecular weight excluding hydrogens is 278 g/mol. The Labute approximate surface area is 121 Å². The lowest BCUT2D eigenvalue weighted by molar-refractivity contribution is -0.122. The predicted molar refractivity (Wildman–Crippen MR) is 77.0 cm³/mol. The number of hydrogen-bond acceptors (Lipinski definition) is 3. The second kappa shape index (κ2) is 6.87. The van der Waals surface area contributed by atoms with Gasteiger partial charge >= 0.3 is 0 Å². The van der Waals surface area contributed by atoms with Gasteiger partial charge < -0.3 is 5.32 Å². The van der Waals surface area contributed by atoms with Crippen LogP contribution in [0.1, 0.15) is 44.9 Å². The molecular formula is C13H25N3O3S. The molecule has 1 heterocycles. The van der Waals surface area contributed by atoms with Gasteiger partial charge in [-0.1, -0.05) is 12.8 Å². The van der Waals surface area contributed by atoms with E-state index in [2.05, 4.69) is 5.32 Å². The molecule has 3 N–H and O–H groups in total. The largest absolute Gasteiger partial charge is 0.356 e. The van der Waals surface area contributed by atoms with Gasteiger partial charge in [0.05, 0.1) is 0 Å². The van der Waals surface area contributed by atoms with Crippen LogP contribution in [0.15, 0.2) is 0 Å². The molecule has 6 nitrogen and oxygen atoms in total. The van der Waals surface area contributed by atoms with Crippen LogP contribution in [-0.2, 0) is 15.0 Å². The fraction of sp³-hybridized carbons (Fsp3) is 0.923. The van der Waals surface area contributed by atoms with Crippen molar-refractivity contribution in [3.8, 4) is 0 Å². The highest BCUT2D eigenvalue weighted by molar-refractivity contribution is 7.86. The molecule has 1 saturated carbocycles. The Morgan fingerprint density at radius 3 is 2.25 bits per heavy atom. The molecule has 0 atom stereocenters. The van der Waals surface area contributed by atoms with Gasteiger partial charge in [0.1, 0.15) is 0 Å². The first-order chi connectivity index (χ1) is 9.45. The van der Waals surface area contributed by atoms with Gasteiger partial charge in [0, 0.05) is 26.1 Å². The van der Waals surface area contributed by atoms with E-state index >= 15 is 0 Å². The standard InChI is InChI=1S/C13H25N3O3S/c14-20(18,19)16-7-5-12(6-8-16)10-15-13(17)9-11-3-1-2-4-11/h11-12H,1-10H2,(H,15,17)(H2,14,18,19). The van der Waals surface area contributed by atoms with Gasteiger partial charge in [0.25, 0.3) is 10.2 Å². The fourth-order valence-corrected chi connectivity index (χ4v) is 3.89. The van der Waals surface area contributed by atoms with Crippen molar-refractivity contribution in [1.82, 2.24) is 9.62 Å². The number of carbonyl (C=O) groups is 1. The quantitative estimate of drug-likeness (QED) is 0.779. The lowest BCUT2D eigenvalue weighted by Crippen LogP contribution is -2.44. The smallest absolute Gasteiger partial charge is 0.276 e. The van der Waals surface area contributed by atoms with E-state index in [1.54, 1.807) is 0 Å². The predicted octanol–water partition coefficient (Wildman–Crippen LogP) is 0.598. The molecule has 2 fully saturated rings. The SMILES string of the molecule is NS(=O)(=O)N1CCC(CNC(=O)CC2CCCC2)CC1. The summed E-state index contributed by atoms with van der Waals surface area (Å²) in [5.74, 6) is 1.07. The second-order valence-corrected chi connectivity index (χ2v) is 7.59. The maximum Gasteiger partial charge on any atom is 0.276 e. The summed E-state index contributed by atoms with van der Waals surface area (Å²) in [4.78, 5) is 11.8. The van der Waals surface area contributed by atoms with Crippen molar-refractivity contribution >= 4 is 16.1 Å². The molecule has 2 aliphatic rings. The van der Waals surface area contributed by atoms with E-state index in [9.17, 15) is 13.2 Å². The van der Waals surface area contributed by atoms with Gasteiger partial charge in [-0.15, -0.1) is 0 Å². The van der Waals surface area contributed by atoms with Crippen molar-refractivity contribution in [1.29, 1.82) is 0 Å². The van der Waals surface area contributed by atoms with Crippen LogP contribution in [0.2, 0.25) is 0 Å². The molecule has 1 amide bonds.